The first-order valence-corrected chi connectivity index (χ1v) is 3.21. The Labute approximate surface area is 43.9 Å². The van der Waals surface area contributed by atoms with Crippen LogP contribution in [0.5, 0.6) is 0 Å². The molecule has 0 aromatic carbocycles. The van der Waals surface area contributed by atoms with Gasteiger partial charge in [-0.1, -0.05) is 13.8 Å². The van der Waals surface area contributed by atoms with Crippen LogP contribution in [0.2, 0.25) is 0 Å². The molecule has 0 radical (unpaired) electrons. The van der Waals surface area contributed by atoms with Crippen LogP contribution in [0.4, 0.5) is 0 Å². The van der Waals surface area contributed by atoms with E-state index in [1.54, 1.807) is 6.42 Å². The second-order valence-electron chi connectivity index (χ2n) is 3.99. The fraction of sp³-hybridized carbons (Fsp3) is 1.00. The van der Waals surface area contributed by atoms with Gasteiger partial charge < -0.3 is 0 Å². The molecule has 0 heteroatoms. The van der Waals surface area contributed by atoms with E-state index in [-0.39, 0.29) is 0 Å². The monoisotopic (exact) mass is 94.1 g/mol. The van der Waals surface area contributed by atoms with Crippen molar-refractivity contribution >= 4 is 0 Å². The van der Waals surface area contributed by atoms with Crippen molar-refractivity contribution < 1.29 is 0 Å². The summed E-state index contributed by atoms with van der Waals surface area (Å²) in [6.07, 6.45) is 1.56. The minimum atomic E-state index is 0.887. The van der Waals surface area contributed by atoms with E-state index in [0.717, 1.165) is 10.8 Å². The first kappa shape index (κ1) is 3.11. The predicted molar refractivity (Wildman–Crippen MR) is 27.8 cm³/mol. The third-order valence-corrected chi connectivity index (χ3v) is 4.19. The first-order chi connectivity index (χ1) is 3.21. The lowest BCUT2D eigenvalue weighted by Gasteiger charge is -2.39. The molecule has 4 saturated carbocycles. The second-order valence-corrected chi connectivity index (χ2v) is 3.99. The SMILES string of the molecule is CC12CC3C1C32C. The molecule has 0 aromatic rings. The Morgan fingerprint density at radius 2 is 1.86 bits per heavy atom. The predicted octanol–water partition coefficient (Wildman–Crippen LogP) is 1.66. The highest BCUT2D eigenvalue weighted by molar-refractivity contribution is 5.46. The van der Waals surface area contributed by atoms with Gasteiger partial charge in [-0.2, -0.15) is 0 Å². The molecule has 0 nitrogen and oxygen atoms in total. The highest BCUT2D eigenvalue weighted by atomic mass is 15.0. The van der Waals surface area contributed by atoms with Crippen molar-refractivity contribution in [3.8, 4) is 0 Å². The Morgan fingerprint density at radius 3 is 1.86 bits per heavy atom. The molecule has 38 valence electrons. The van der Waals surface area contributed by atoms with Gasteiger partial charge in [0.05, 0.1) is 0 Å². The third kappa shape index (κ3) is 0.0938. The summed E-state index contributed by atoms with van der Waals surface area (Å²) in [5.41, 5.74) is 1.80. The zero-order chi connectivity index (χ0) is 4.86. The summed E-state index contributed by atoms with van der Waals surface area (Å²) >= 11 is 0. The quantitative estimate of drug-likeness (QED) is 0.428. The van der Waals surface area contributed by atoms with Crippen molar-refractivity contribution in [1.82, 2.24) is 0 Å². The first-order valence-electron chi connectivity index (χ1n) is 3.21. The molecule has 4 atom stereocenters. The van der Waals surface area contributed by atoms with Crippen LogP contribution in [0, 0.1) is 22.7 Å². The van der Waals surface area contributed by atoms with Crippen LogP contribution in [0.1, 0.15) is 20.3 Å². The standard InChI is InChI=1S/C7H10/c1-6-3-4-5(6)7(4,6)2/h4-5H,3H2,1-2H3. The maximum absolute atomic E-state index is 2.45. The molecule has 0 N–H and O–H groups in total. The van der Waals surface area contributed by atoms with E-state index in [2.05, 4.69) is 13.8 Å². The van der Waals surface area contributed by atoms with Crippen molar-refractivity contribution in [2.75, 3.05) is 0 Å². The molecular formula is C7H10. The third-order valence-electron chi connectivity index (χ3n) is 4.19. The van der Waals surface area contributed by atoms with Gasteiger partial charge in [0.15, 0.2) is 0 Å². The van der Waals surface area contributed by atoms with E-state index in [1.807, 2.05) is 0 Å². The van der Waals surface area contributed by atoms with E-state index in [0.29, 0.717) is 0 Å². The zero-order valence-corrected chi connectivity index (χ0v) is 4.86. The van der Waals surface area contributed by atoms with Crippen LogP contribution in [0.3, 0.4) is 0 Å². The maximum Gasteiger partial charge on any atom is -0.0201 e. The number of rotatable bonds is 0. The van der Waals surface area contributed by atoms with Crippen LogP contribution in [-0.4, -0.2) is 0 Å². The molecule has 0 aromatic heterocycles. The molecule has 0 amide bonds. The summed E-state index contributed by atoms with van der Waals surface area (Å²) in [6, 6.07) is 0. The lowest BCUT2D eigenvalue weighted by atomic mass is 9.65. The Kier molecular flexibility index (Phi) is 0.185. The fourth-order valence-corrected chi connectivity index (χ4v) is 3.16. The van der Waals surface area contributed by atoms with Crippen molar-refractivity contribution in [3.05, 3.63) is 0 Å². The van der Waals surface area contributed by atoms with Crippen LogP contribution in [0.25, 0.3) is 0 Å². The van der Waals surface area contributed by atoms with E-state index in [1.165, 1.54) is 11.8 Å². The van der Waals surface area contributed by atoms with Crippen molar-refractivity contribution in [3.63, 3.8) is 0 Å². The van der Waals surface area contributed by atoms with Crippen molar-refractivity contribution in [1.29, 1.82) is 0 Å². The second kappa shape index (κ2) is 0.416. The van der Waals surface area contributed by atoms with Gasteiger partial charge in [0, 0.05) is 0 Å². The summed E-state index contributed by atoms with van der Waals surface area (Å²) in [4.78, 5) is 0. The molecule has 0 spiro atoms. The summed E-state index contributed by atoms with van der Waals surface area (Å²) < 4.78 is 0. The van der Waals surface area contributed by atoms with Crippen molar-refractivity contribution in [2.45, 2.75) is 20.3 Å². The van der Waals surface area contributed by atoms with Gasteiger partial charge in [0.2, 0.25) is 0 Å². The molecule has 4 unspecified atom stereocenters. The van der Waals surface area contributed by atoms with Gasteiger partial charge in [-0.15, -0.1) is 0 Å². The summed E-state index contributed by atoms with van der Waals surface area (Å²) in [7, 11) is 0. The maximum atomic E-state index is 2.45. The molecule has 2 bridgehead atoms. The molecule has 4 fully saturated rings. The molecule has 4 aliphatic rings. The minimum absolute atomic E-state index is 0.887. The highest BCUT2D eigenvalue weighted by Crippen LogP contribution is 3.04. The Balaban J connectivity index is 2.20. The summed E-state index contributed by atoms with van der Waals surface area (Å²) in [6.45, 7) is 4.89. The van der Waals surface area contributed by atoms with Gasteiger partial charge in [0.25, 0.3) is 0 Å². The van der Waals surface area contributed by atoms with E-state index in [9.17, 15) is 0 Å². The van der Waals surface area contributed by atoms with E-state index in [4.69, 9.17) is 0 Å². The van der Waals surface area contributed by atoms with Gasteiger partial charge in [-0.05, 0) is 29.1 Å². The van der Waals surface area contributed by atoms with Gasteiger partial charge in [-0.25, -0.2) is 0 Å². The average Bonchev–Trinajstić information content (AvgIpc) is 2.20. The van der Waals surface area contributed by atoms with Gasteiger partial charge in [-0.3, -0.25) is 0 Å². The smallest absolute Gasteiger partial charge is 0.0201 e. The normalized spacial score (nSPS) is 90.0. The number of hydrogen-bond donors (Lipinski definition) is 0. The Bertz CT molecular complexity index is 153. The minimum Gasteiger partial charge on any atom is -0.0588 e. The lowest BCUT2D eigenvalue weighted by Crippen LogP contribution is -2.33. The Hall–Kier alpha value is 0. The van der Waals surface area contributed by atoms with Crippen LogP contribution in [-0.2, 0) is 0 Å². The largest absolute Gasteiger partial charge is 0.0588 e. The lowest BCUT2D eigenvalue weighted by molar-refractivity contribution is 0.0891. The van der Waals surface area contributed by atoms with Gasteiger partial charge in [0.1, 0.15) is 0 Å². The zero-order valence-electron chi connectivity index (χ0n) is 4.86. The molecule has 0 heterocycles. The summed E-state index contributed by atoms with van der Waals surface area (Å²) in [5.74, 6) is 2.41. The van der Waals surface area contributed by atoms with E-state index < -0.39 is 0 Å². The fourth-order valence-electron chi connectivity index (χ4n) is 3.16. The van der Waals surface area contributed by atoms with Crippen LogP contribution in [0.15, 0.2) is 0 Å². The van der Waals surface area contributed by atoms with E-state index >= 15 is 0 Å². The Morgan fingerprint density at radius 1 is 1.43 bits per heavy atom. The molecule has 0 saturated heterocycles. The molecular weight excluding hydrogens is 84.1 g/mol. The number of hydrogen-bond acceptors (Lipinski definition) is 0. The van der Waals surface area contributed by atoms with Crippen LogP contribution < -0.4 is 0 Å². The molecule has 4 rings (SSSR count). The highest BCUT2D eigenvalue weighted by Gasteiger charge is 2.99. The average molecular weight is 94.2 g/mol. The summed E-state index contributed by atoms with van der Waals surface area (Å²) in [5, 5.41) is 0. The molecule has 0 aliphatic heterocycles. The van der Waals surface area contributed by atoms with Crippen molar-refractivity contribution in [2.24, 2.45) is 22.7 Å². The van der Waals surface area contributed by atoms with Crippen LogP contribution >= 0.6 is 0 Å². The molecule has 7 heavy (non-hydrogen) atoms. The molecule has 4 aliphatic carbocycles. The van der Waals surface area contributed by atoms with Gasteiger partial charge >= 0.3 is 0 Å². The topological polar surface area (TPSA) is 0 Å².